The quantitative estimate of drug-likeness (QED) is 0.639. The van der Waals surface area contributed by atoms with Gasteiger partial charge in [-0.25, -0.2) is 0 Å². The normalized spacial score (nSPS) is 13.5. The second-order valence-corrected chi connectivity index (χ2v) is 4.58. The summed E-state index contributed by atoms with van der Waals surface area (Å²) in [5.74, 6) is 0. The first-order valence-electron chi connectivity index (χ1n) is 5.71. The van der Waals surface area contributed by atoms with Crippen LogP contribution < -0.4 is 5.73 Å². The van der Waals surface area contributed by atoms with Crippen molar-refractivity contribution in [1.29, 1.82) is 0 Å². The average molecular weight is 231 g/mol. The van der Waals surface area contributed by atoms with Crippen LogP contribution >= 0.6 is 12.2 Å². The maximum Gasteiger partial charge on any atom is 0.0901 e. The summed E-state index contributed by atoms with van der Waals surface area (Å²) in [6.07, 6.45) is 2.17. The first-order valence-corrected chi connectivity index (χ1v) is 6.11. The molecule has 4 heteroatoms. The van der Waals surface area contributed by atoms with Crippen molar-refractivity contribution in [3.63, 3.8) is 0 Å². The third-order valence-corrected chi connectivity index (χ3v) is 2.88. The van der Waals surface area contributed by atoms with E-state index in [9.17, 15) is 0 Å². The molecule has 0 saturated heterocycles. The lowest BCUT2D eigenvalue weighted by Crippen LogP contribution is -2.44. The number of thiocarbonyl (C=S) groups is 1. The van der Waals surface area contributed by atoms with Crippen molar-refractivity contribution in [2.75, 3.05) is 33.7 Å². The van der Waals surface area contributed by atoms with Crippen molar-refractivity contribution in [3.8, 4) is 0 Å². The Morgan fingerprint density at radius 3 is 2.20 bits per heavy atom. The summed E-state index contributed by atoms with van der Waals surface area (Å²) in [5, 5.41) is 0. The Morgan fingerprint density at radius 1 is 1.27 bits per heavy atom. The predicted octanol–water partition coefficient (Wildman–Crippen LogP) is 1.32. The third-order valence-electron chi connectivity index (χ3n) is 2.61. The molecule has 15 heavy (non-hydrogen) atoms. The first kappa shape index (κ1) is 14.8. The minimum absolute atomic E-state index is 0.271. The summed E-state index contributed by atoms with van der Waals surface area (Å²) < 4.78 is 0. The fourth-order valence-electron chi connectivity index (χ4n) is 1.76. The number of rotatable bonds is 8. The maximum absolute atomic E-state index is 5.73. The van der Waals surface area contributed by atoms with Gasteiger partial charge in [0.2, 0.25) is 0 Å². The highest BCUT2D eigenvalue weighted by Crippen LogP contribution is 2.05. The maximum atomic E-state index is 5.73. The molecule has 0 radical (unpaired) electrons. The van der Waals surface area contributed by atoms with E-state index >= 15 is 0 Å². The molecule has 0 aromatic carbocycles. The number of nitrogens with two attached hydrogens (primary N) is 1. The Morgan fingerprint density at radius 2 is 1.87 bits per heavy atom. The van der Waals surface area contributed by atoms with Crippen LogP contribution in [-0.2, 0) is 0 Å². The largest absolute Gasteiger partial charge is 0.392 e. The lowest BCUT2D eigenvalue weighted by molar-refractivity contribution is 0.235. The zero-order valence-corrected chi connectivity index (χ0v) is 11.3. The van der Waals surface area contributed by atoms with E-state index in [4.69, 9.17) is 18.0 Å². The molecule has 90 valence electrons. The van der Waals surface area contributed by atoms with Gasteiger partial charge in [-0.15, -0.1) is 0 Å². The van der Waals surface area contributed by atoms with Crippen molar-refractivity contribution in [3.05, 3.63) is 0 Å². The average Bonchev–Trinajstić information content (AvgIpc) is 2.15. The van der Waals surface area contributed by atoms with E-state index in [0.717, 1.165) is 26.1 Å². The molecule has 0 fully saturated rings. The van der Waals surface area contributed by atoms with Crippen LogP contribution in [0.5, 0.6) is 0 Å². The van der Waals surface area contributed by atoms with E-state index in [1.165, 1.54) is 6.42 Å². The molecule has 0 saturated carbocycles. The van der Waals surface area contributed by atoms with E-state index in [1.54, 1.807) is 0 Å². The van der Waals surface area contributed by atoms with Crippen LogP contribution in [0.2, 0.25) is 0 Å². The SMILES string of the molecule is CCC(C(N)=S)N(CC)CCCN(C)C. The van der Waals surface area contributed by atoms with Crippen LogP contribution in [0.3, 0.4) is 0 Å². The number of hydrogen-bond acceptors (Lipinski definition) is 3. The zero-order valence-electron chi connectivity index (χ0n) is 10.5. The molecule has 0 amide bonds. The highest BCUT2D eigenvalue weighted by Gasteiger charge is 2.16. The van der Waals surface area contributed by atoms with Gasteiger partial charge in [-0.3, -0.25) is 4.90 Å². The molecule has 0 bridgehead atoms. The molecule has 0 spiro atoms. The van der Waals surface area contributed by atoms with Gasteiger partial charge >= 0.3 is 0 Å². The van der Waals surface area contributed by atoms with Crippen molar-refractivity contribution >= 4 is 17.2 Å². The van der Waals surface area contributed by atoms with Gasteiger partial charge in [0.1, 0.15) is 0 Å². The topological polar surface area (TPSA) is 32.5 Å². The van der Waals surface area contributed by atoms with E-state index in [2.05, 4.69) is 37.7 Å². The molecule has 2 N–H and O–H groups in total. The Kier molecular flexibility index (Phi) is 7.92. The molecule has 0 aromatic heterocycles. The predicted molar refractivity (Wildman–Crippen MR) is 71.3 cm³/mol. The lowest BCUT2D eigenvalue weighted by atomic mass is 10.2. The number of nitrogens with zero attached hydrogens (tertiary/aromatic N) is 2. The Hall–Kier alpha value is -0.190. The smallest absolute Gasteiger partial charge is 0.0901 e. The highest BCUT2D eigenvalue weighted by atomic mass is 32.1. The molecule has 1 unspecified atom stereocenters. The van der Waals surface area contributed by atoms with Crippen LogP contribution in [0.4, 0.5) is 0 Å². The molecule has 1 atom stereocenters. The number of likely N-dealkylation sites (N-methyl/N-ethyl adjacent to an activating group) is 1. The summed E-state index contributed by atoms with van der Waals surface area (Å²) in [5.41, 5.74) is 5.73. The van der Waals surface area contributed by atoms with Gasteiger partial charge < -0.3 is 10.6 Å². The second kappa shape index (κ2) is 8.02. The highest BCUT2D eigenvalue weighted by molar-refractivity contribution is 7.80. The zero-order chi connectivity index (χ0) is 11.8. The van der Waals surface area contributed by atoms with Crippen LogP contribution in [-0.4, -0.2) is 54.6 Å². The molecular formula is C11H25N3S. The summed E-state index contributed by atoms with van der Waals surface area (Å²) in [6, 6.07) is 0.271. The molecule has 0 aromatic rings. The van der Waals surface area contributed by atoms with Crippen molar-refractivity contribution in [2.24, 2.45) is 5.73 Å². The molecular weight excluding hydrogens is 206 g/mol. The fourth-order valence-corrected chi connectivity index (χ4v) is 2.08. The summed E-state index contributed by atoms with van der Waals surface area (Å²) in [6.45, 7) is 7.51. The third kappa shape index (κ3) is 6.07. The minimum atomic E-state index is 0.271. The van der Waals surface area contributed by atoms with Gasteiger partial charge in [0.25, 0.3) is 0 Å². The lowest BCUT2D eigenvalue weighted by Gasteiger charge is -2.29. The van der Waals surface area contributed by atoms with Crippen LogP contribution in [0.1, 0.15) is 26.7 Å². The second-order valence-electron chi connectivity index (χ2n) is 4.11. The van der Waals surface area contributed by atoms with E-state index in [-0.39, 0.29) is 6.04 Å². The van der Waals surface area contributed by atoms with Crippen LogP contribution in [0.25, 0.3) is 0 Å². The van der Waals surface area contributed by atoms with Crippen molar-refractivity contribution in [2.45, 2.75) is 32.7 Å². The standard InChI is InChI=1S/C11H25N3S/c1-5-10(11(12)15)14(6-2)9-7-8-13(3)4/h10H,5-9H2,1-4H3,(H2,12,15). The van der Waals surface area contributed by atoms with E-state index in [1.807, 2.05) is 0 Å². The Bertz CT molecular complexity index is 183. The molecule has 3 nitrogen and oxygen atoms in total. The Balaban J connectivity index is 4.04. The Labute approximate surface area is 99.6 Å². The molecule has 0 aliphatic carbocycles. The first-order chi connectivity index (χ1) is 7.02. The summed E-state index contributed by atoms with van der Waals surface area (Å²) in [4.78, 5) is 5.20. The summed E-state index contributed by atoms with van der Waals surface area (Å²) >= 11 is 5.09. The molecule has 0 aliphatic rings. The monoisotopic (exact) mass is 231 g/mol. The van der Waals surface area contributed by atoms with Gasteiger partial charge in [-0.05, 0) is 40.0 Å². The van der Waals surface area contributed by atoms with Gasteiger partial charge in [-0.1, -0.05) is 26.1 Å². The van der Waals surface area contributed by atoms with Crippen molar-refractivity contribution in [1.82, 2.24) is 9.80 Å². The van der Waals surface area contributed by atoms with E-state index < -0.39 is 0 Å². The molecule has 0 heterocycles. The van der Waals surface area contributed by atoms with Gasteiger partial charge in [0, 0.05) is 6.54 Å². The van der Waals surface area contributed by atoms with Crippen LogP contribution in [0.15, 0.2) is 0 Å². The van der Waals surface area contributed by atoms with Crippen LogP contribution in [0, 0.1) is 0 Å². The molecule has 0 aliphatic heterocycles. The number of hydrogen-bond donors (Lipinski definition) is 1. The summed E-state index contributed by atoms with van der Waals surface area (Å²) in [7, 11) is 4.20. The molecule has 0 rings (SSSR count). The minimum Gasteiger partial charge on any atom is -0.392 e. The van der Waals surface area contributed by atoms with Gasteiger partial charge in [0.05, 0.1) is 11.0 Å². The van der Waals surface area contributed by atoms with Gasteiger partial charge in [0.15, 0.2) is 0 Å². The van der Waals surface area contributed by atoms with Crippen molar-refractivity contribution < 1.29 is 0 Å². The fraction of sp³-hybridized carbons (Fsp3) is 0.909. The van der Waals surface area contributed by atoms with E-state index in [0.29, 0.717) is 4.99 Å². The van der Waals surface area contributed by atoms with Gasteiger partial charge in [-0.2, -0.15) is 0 Å².